The van der Waals surface area contributed by atoms with Gasteiger partial charge in [-0.3, -0.25) is 14.4 Å². The molecule has 0 aliphatic rings. The summed E-state index contributed by atoms with van der Waals surface area (Å²) in [7, 11) is 0. The van der Waals surface area contributed by atoms with Crippen LogP contribution in [0.15, 0.2) is 0 Å². The molecule has 63 heavy (non-hydrogen) atoms. The van der Waals surface area contributed by atoms with E-state index in [1.165, 1.54) is 205 Å². The van der Waals surface area contributed by atoms with Gasteiger partial charge in [-0.1, -0.05) is 279 Å². The van der Waals surface area contributed by atoms with Crippen molar-refractivity contribution in [2.24, 2.45) is 11.8 Å². The normalized spacial score (nSPS) is 12.0. The van der Waals surface area contributed by atoms with Crippen LogP contribution >= 0.6 is 0 Å². The van der Waals surface area contributed by atoms with E-state index >= 15 is 0 Å². The van der Waals surface area contributed by atoms with Crippen LogP contribution in [0, 0.1) is 11.8 Å². The lowest BCUT2D eigenvalue weighted by atomic mass is 10.0. The van der Waals surface area contributed by atoms with E-state index < -0.39 is 6.10 Å². The smallest absolute Gasteiger partial charge is 0.306 e. The van der Waals surface area contributed by atoms with Crippen LogP contribution in [0.3, 0.4) is 0 Å². The van der Waals surface area contributed by atoms with Gasteiger partial charge in [-0.25, -0.2) is 0 Å². The first kappa shape index (κ1) is 61.4. The Labute approximate surface area is 393 Å². The number of hydrogen-bond donors (Lipinski definition) is 0. The molecule has 0 aliphatic heterocycles. The third-order valence-corrected chi connectivity index (χ3v) is 13.0. The fourth-order valence-electron chi connectivity index (χ4n) is 8.70. The van der Waals surface area contributed by atoms with Crippen LogP contribution in [0.4, 0.5) is 0 Å². The highest BCUT2D eigenvalue weighted by molar-refractivity contribution is 5.71. The van der Waals surface area contributed by atoms with Gasteiger partial charge in [0.1, 0.15) is 13.2 Å². The summed E-state index contributed by atoms with van der Waals surface area (Å²) in [5, 5.41) is 0. The largest absolute Gasteiger partial charge is 0.462 e. The Morgan fingerprint density at radius 3 is 0.778 bits per heavy atom. The molecule has 0 saturated heterocycles. The number of ether oxygens (including phenoxy) is 3. The first-order valence-corrected chi connectivity index (χ1v) is 28.2. The van der Waals surface area contributed by atoms with Crippen molar-refractivity contribution in [1.82, 2.24) is 0 Å². The summed E-state index contributed by atoms with van der Waals surface area (Å²) in [6.07, 6.45) is 52.4. The van der Waals surface area contributed by atoms with Crippen LogP contribution in [0.2, 0.25) is 0 Å². The Morgan fingerprint density at radius 2 is 0.524 bits per heavy atom. The van der Waals surface area contributed by atoms with E-state index in [1.807, 2.05) is 0 Å². The lowest BCUT2D eigenvalue weighted by molar-refractivity contribution is -0.167. The van der Waals surface area contributed by atoms with Crippen LogP contribution in [-0.2, 0) is 28.6 Å². The Bertz CT molecular complexity index is 962. The van der Waals surface area contributed by atoms with Gasteiger partial charge in [0, 0.05) is 19.3 Å². The molecular formula is C57H110O6. The molecule has 0 aromatic heterocycles. The van der Waals surface area contributed by atoms with Gasteiger partial charge in [0.05, 0.1) is 0 Å². The lowest BCUT2D eigenvalue weighted by Gasteiger charge is -2.18. The van der Waals surface area contributed by atoms with E-state index in [9.17, 15) is 14.4 Å². The maximum absolute atomic E-state index is 12.8. The maximum Gasteiger partial charge on any atom is 0.306 e. The molecule has 0 spiro atoms. The standard InChI is InChI=1S/C57H110O6/c1-6-7-8-9-10-11-12-13-14-15-16-19-22-27-32-37-42-47-55(58)61-50-54(51-62-56(59)48-43-38-33-29-24-26-31-36-41-46-53(4)5)63-57(60)49-44-39-34-28-23-20-17-18-21-25-30-35-40-45-52(2)3/h52-54H,6-51H2,1-5H3/t54-/m1/s1. The number of esters is 3. The molecule has 1 atom stereocenters. The fraction of sp³-hybridized carbons (Fsp3) is 0.947. The van der Waals surface area contributed by atoms with Crippen molar-refractivity contribution in [3.8, 4) is 0 Å². The molecule has 374 valence electrons. The summed E-state index contributed by atoms with van der Waals surface area (Å²) in [4.78, 5) is 38.1. The Balaban J connectivity index is 4.29. The molecule has 0 rings (SSSR count). The Hall–Kier alpha value is -1.59. The van der Waals surface area contributed by atoms with E-state index in [0.29, 0.717) is 19.3 Å². The van der Waals surface area contributed by atoms with Gasteiger partial charge < -0.3 is 14.2 Å². The van der Waals surface area contributed by atoms with Gasteiger partial charge in [-0.15, -0.1) is 0 Å². The third kappa shape index (κ3) is 51.3. The van der Waals surface area contributed by atoms with E-state index in [1.54, 1.807) is 0 Å². The monoisotopic (exact) mass is 891 g/mol. The van der Waals surface area contributed by atoms with E-state index in [4.69, 9.17) is 14.2 Å². The minimum Gasteiger partial charge on any atom is -0.462 e. The first-order valence-electron chi connectivity index (χ1n) is 28.2. The van der Waals surface area contributed by atoms with Crippen LogP contribution in [-0.4, -0.2) is 37.2 Å². The first-order chi connectivity index (χ1) is 30.7. The zero-order chi connectivity index (χ0) is 46.1. The maximum atomic E-state index is 12.8. The van der Waals surface area contributed by atoms with Crippen molar-refractivity contribution in [2.45, 2.75) is 323 Å². The molecule has 0 aromatic carbocycles. The third-order valence-electron chi connectivity index (χ3n) is 13.0. The van der Waals surface area contributed by atoms with Gasteiger partial charge in [0.15, 0.2) is 6.10 Å². The van der Waals surface area contributed by atoms with Gasteiger partial charge in [-0.05, 0) is 31.1 Å². The van der Waals surface area contributed by atoms with Gasteiger partial charge in [-0.2, -0.15) is 0 Å². The molecule has 0 radical (unpaired) electrons. The van der Waals surface area contributed by atoms with Crippen molar-refractivity contribution in [3.05, 3.63) is 0 Å². The van der Waals surface area contributed by atoms with Crippen LogP contribution < -0.4 is 0 Å². The molecule has 0 aliphatic carbocycles. The summed E-state index contributed by atoms with van der Waals surface area (Å²) < 4.78 is 16.9. The molecule has 0 N–H and O–H groups in total. The van der Waals surface area contributed by atoms with Gasteiger partial charge in [0.25, 0.3) is 0 Å². The summed E-state index contributed by atoms with van der Waals surface area (Å²) in [5.74, 6) is 0.804. The minimum atomic E-state index is -0.762. The zero-order valence-corrected chi connectivity index (χ0v) is 43.2. The average molecular weight is 892 g/mol. The highest BCUT2D eigenvalue weighted by Crippen LogP contribution is 2.18. The van der Waals surface area contributed by atoms with Crippen molar-refractivity contribution < 1.29 is 28.6 Å². The molecule has 0 aromatic rings. The summed E-state index contributed by atoms with van der Waals surface area (Å²) in [6, 6.07) is 0. The van der Waals surface area contributed by atoms with Crippen molar-refractivity contribution in [1.29, 1.82) is 0 Å². The summed E-state index contributed by atoms with van der Waals surface area (Å²) in [5.41, 5.74) is 0. The highest BCUT2D eigenvalue weighted by atomic mass is 16.6. The summed E-state index contributed by atoms with van der Waals surface area (Å²) >= 11 is 0. The average Bonchev–Trinajstić information content (AvgIpc) is 3.25. The highest BCUT2D eigenvalue weighted by Gasteiger charge is 2.19. The lowest BCUT2D eigenvalue weighted by Crippen LogP contribution is -2.30. The van der Waals surface area contributed by atoms with E-state index in [-0.39, 0.29) is 31.1 Å². The number of unbranched alkanes of at least 4 members (excludes halogenated alkanes) is 36. The van der Waals surface area contributed by atoms with Crippen molar-refractivity contribution in [3.63, 3.8) is 0 Å². The topological polar surface area (TPSA) is 78.9 Å². The molecule has 6 nitrogen and oxygen atoms in total. The van der Waals surface area contributed by atoms with Crippen LogP contribution in [0.1, 0.15) is 317 Å². The van der Waals surface area contributed by atoms with Crippen LogP contribution in [0.25, 0.3) is 0 Å². The number of rotatable bonds is 51. The zero-order valence-electron chi connectivity index (χ0n) is 43.2. The van der Waals surface area contributed by atoms with Crippen molar-refractivity contribution >= 4 is 17.9 Å². The number of carbonyl (C=O) groups excluding carboxylic acids is 3. The minimum absolute atomic E-state index is 0.0631. The molecule has 6 heteroatoms. The quantitative estimate of drug-likeness (QED) is 0.0344. The van der Waals surface area contributed by atoms with Gasteiger partial charge >= 0.3 is 17.9 Å². The van der Waals surface area contributed by atoms with Gasteiger partial charge in [0.2, 0.25) is 0 Å². The SMILES string of the molecule is CCCCCCCCCCCCCCCCCCCC(=O)OC[C@H](COC(=O)CCCCCCCCCCCC(C)C)OC(=O)CCCCCCCCCCCCCCCC(C)C. The number of hydrogen-bond acceptors (Lipinski definition) is 6. The fourth-order valence-corrected chi connectivity index (χ4v) is 8.70. The molecule has 0 bridgehead atoms. The van der Waals surface area contributed by atoms with Crippen LogP contribution in [0.5, 0.6) is 0 Å². The molecule has 0 amide bonds. The second-order valence-corrected chi connectivity index (χ2v) is 20.5. The molecule has 0 fully saturated rings. The summed E-state index contributed by atoms with van der Waals surface area (Å²) in [6.45, 7) is 11.4. The van der Waals surface area contributed by atoms with E-state index in [0.717, 1.165) is 69.6 Å². The predicted octanol–water partition coefficient (Wildman–Crippen LogP) is 18.5. The Morgan fingerprint density at radius 1 is 0.302 bits per heavy atom. The molecule has 0 unspecified atom stereocenters. The molecule has 0 saturated carbocycles. The second-order valence-electron chi connectivity index (χ2n) is 20.5. The molecule has 0 heterocycles. The number of carbonyl (C=O) groups is 3. The van der Waals surface area contributed by atoms with Crippen molar-refractivity contribution in [2.75, 3.05) is 13.2 Å². The molecular weight excluding hydrogens is 781 g/mol. The predicted molar refractivity (Wildman–Crippen MR) is 270 cm³/mol. The van der Waals surface area contributed by atoms with E-state index in [2.05, 4.69) is 34.6 Å². The Kier molecular flexibility index (Phi) is 48.6. The second kappa shape index (κ2) is 49.8.